The first kappa shape index (κ1) is 14.8. The summed E-state index contributed by atoms with van der Waals surface area (Å²) in [5.41, 5.74) is 0. The average molecular weight is 326 g/mol. The van der Waals surface area contributed by atoms with E-state index in [1.807, 2.05) is 0 Å². The van der Waals surface area contributed by atoms with E-state index in [9.17, 15) is 0 Å². The zero-order chi connectivity index (χ0) is 12.9. The maximum atomic E-state index is 2.22. The third-order valence-corrected chi connectivity index (χ3v) is 5.38. The van der Waals surface area contributed by atoms with Crippen LogP contribution in [0.2, 0.25) is 0 Å². The standard InChI is InChI=1S/3C6H5.ClH.Ni/c3*1-2-4-6-5-3-1;;/h3*1-5H;1H;. The van der Waals surface area contributed by atoms with Crippen LogP contribution in [-0.4, -0.2) is 0 Å². The van der Waals surface area contributed by atoms with Gasteiger partial charge in [-0.2, -0.15) is 0 Å². The quantitative estimate of drug-likeness (QED) is 0.649. The molecule has 0 aliphatic heterocycles. The second-order valence-corrected chi connectivity index (χ2v) is 6.47. The minimum absolute atomic E-state index is 0. The van der Waals surface area contributed by atoms with Crippen molar-refractivity contribution in [3.8, 4) is 0 Å². The number of halogens is 1. The van der Waals surface area contributed by atoms with Crippen LogP contribution in [0.25, 0.3) is 0 Å². The van der Waals surface area contributed by atoms with Gasteiger partial charge in [-0.15, -0.1) is 12.4 Å². The van der Waals surface area contributed by atoms with Gasteiger partial charge in [0.15, 0.2) is 0 Å². The van der Waals surface area contributed by atoms with Crippen LogP contribution in [0.15, 0.2) is 91.0 Å². The van der Waals surface area contributed by atoms with Crippen LogP contribution in [0.1, 0.15) is 0 Å². The summed E-state index contributed by atoms with van der Waals surface area (Å²) in [6.07, 6.45) is 0. The first-order valence-corrected chi connectivity index (χ1v) is 7.69. The van der Waals surface area contributed by atoms with E-state index in [4.69, 9.17) is 0 Å². The third kappa shape index (κ3) is 3.31. The van der Waals surface area contributed by atoms with E-state index in [-0.39, 0.29) is 25.8 Å². The Kier molecular flexibility index (Phi) is 5.41. The van der Waals surface area contributed by atoms with E-state index < -0.39 is 0 Å². The van der Waals surface area contributed by atoms with Crippen LogP contribution in [0.5, 0.6) is 0 Å². The van der Waals surface area contributed by atoms with Crippen molar-refractivity contribution in [3.63, 3.8) is 0 Å². The first-order chi connectivity index (χ1) is 9.45. The van der Waals surface area contributed by atoms with Gasteiger partial charge < -0.3 is 0 Å². The number of hydrogen-bond acceptors (Lipinski definition) is 0. The minimum atomic E-state index is -0.176. The maximum absolute atomic E-state index is 2.22. The predicted octanol–water partition coefficient (Wildman–Crippen LogP) is 3.00. The Bertz CT molecular complexity index is 529. The van der Waals surface area contributed by atoms with Crippen molar-refractivity contribution >= 4 is 26.0 Å². The fourth-order valence-corrected chi connectivity index (χ4v) is 4.39. The van der Waals surface area contributed by atoms with Gasteiger partial charge in [0.2, 0.25) is 0 Å². The molecule has 2 heteroatoms. The summed E-state index contributed by atoms with van der Waals surface area (Å²) < 4.78 is 4.12. The van der Waals surface area contributed by atoms with E-state index in [0.717, 1.165) is 0 Å². The summed E-state index contributed by atoms with van der Waals surface area (Å²) in [4.78, 5) is 0. The molecule has 0 atom stereocenters. The van der Waals surface area contributed by atoms with Crippen LogP contribution >= 0.6 is 12.4 Å². The molecule has 0 amide bonds. The van der Waals surface area contributed by atoms with Crippen LogP contribution in [0.4, 0.5) is 0 Å². The molecule has 0 aromatic heterocycles. The fraction of sp³-hybridized carbons (Fsp3) is 0. The predicted molar refractivity (Wildman–Crippen MR) is 85.5 cm³/mol. The molecular weight excluding hydrogens is 310 g/mol. The van der Waals surface area contributed by atoms with Gasteiger partial charge >= 0.3 is 118 Å². The SMILES string of the molecule is Cl.c1cc[c]([Ni]([c]2ccccc2)[c]2ccccc2)cc1. The number of benzene rings is 3. The Labute approximate surface area is 130 Å². The fourth-order valence-electron chi connectivity index (χ4n) is 1.84. The topological polar surface area (TPSA) is 0 Å². The molecule has 0 aliphatic carbocycles. The Morgan fingerprint density at radius 1 is 0.400 bits per heavy atom. The summed E-state index contributed by atoms with van der Waals surface area (Å²) in [5.74, 6) is 0. The monoisotopic (exact) mass is 325 g/mol. The van der Waals surface area contributed by atoms with Gasteiger partial charge in [0.1, 0.15) is 0 Å². The van der Waals surface area contributed by atoms with Crippen molar-refractivity contribution in [2.24, 2.45) is 0 Å². The molecule has 0 spiro atoms. The summed E-state index contributed by atoms with van der Waals surface area (Å²) in [5, 5.41) is 0. The average Bonchev–Trinajstić information content (AvgIpc) is 2.51. The van der Waals surface area contributed by atoms with Crippen molar-refractivity contribution in [3.05, 3.63) is 91.0 Å². The normalized spacial score (nSPS) is 10.5. The van der Waals surface area contributed by atoms with Crippen LogP contribution in [0, 0.1) is 0 Å². The van der Waals surface area contributed by atoms with Crippen molar-refractivity contribution in [2.45, 2.75) is 0 Å². The molecule has 3 aromatic carbocycles. The van der Waals surface area contributed by atoms with E-state index in [1.165, 1.54) is 13.6 Å². The van der Waals surface area contributed by atoms with Gasteiger partial charge in [-0.1, -0.05) is 0 Å². The Hall–Kier alpha value is -1.56. The Balaban J connectivity index is 0.00000147. The number of rotatable bonds is 3. The van der Waals surface area contributed by atoms with Gasteiger partial charge in [-0.3, -0.25) is 0 Å². The van der Waals surface area contributed by atoms with E-state index in [1.54, 1.807) is 0 Å². The molecule has 0 aliphatic rings. The van der Waals surface area contributed by atoms with Gasteiger partial charge in [0.25, 0.3) is 0 Å². The molecule has 105 valence electrons. The zero-order valence-corrected chi connectivity index (χ0v) is 12.7. The van der Waals surface area contributed by atoms with Crippen molar-refractivity contribution in [2.75, 3.05) is 0 Å². The summed E-state index contributed by atoms with van der Waals surface area (Å²) >= 11 is -0.176. The van der Waals surface area contributed by atoms with Crippen molar-refractivity contribution in [1.82, 2.24) is 0 Å². The second kappa shape index (κ2) is 7.29. The molecular formula is C18H16ClNi. The molecule has 0 saturated carbocycles. The van der Waals surface area contributed by atoms with Crippen LogP contribution < -0.4 is 13.6 Å². The van der Waals surface area contributed by atoms with Crippen LogP contribution in [0.3, 0.4) is 0 Å². The number of hydrogen-bond donors (Lipinski definition) is 0. The van der Waals surface area contributed by atoms with Crippen LogP contribution in [-0.2, 0) is 13.4 Å². The molecule has 0 heterocycles. The summed E-state index contributed by atoms with van der Waals surface area (Å²) in [6, 6.07) is 32.2. The van der Waals surface area contributed by atoms with Gasteiger partial charge in [0.05, 0.1) is 0 Å². The molecule has 0 saturated heterocycles. The van der Waals surface area contributed by atoms with E-state index in [2.05, 4.69) is 91.0 Å². The van der Waals surface area contributed by atoms with Gasteiger partial charge in [-0.05, 0) is 0 Å². The molecule has 0 nitrogen and oxygen atoms in total. The molecule has 0 radical (unpaired) electrons. The second-order valence-electron chi connectivity index (χ2n) is 4.02. The third-order valence-electron chi connectivity index (χ3n) is 2.69. The molecule has 0 fully saturated rings. The Morgan fingerprint density at radius 2 is 0.650 bits per heavy atom. The molecule has 3 aromatic rings. The summed E-state index contributed by atoms with van der Waals surface area (Å²) in [6.45, 7) is 0. The zero-order valence-electron chi connectivity index (χ0n) is 10.9. The molecule has 20 heavy (non-hydrogen) atoms. The summed E-state index contributed by atoms with van der Waals surface area (Å²) in [7, 11) is 0. The van der Waals surface area contributed by atoms with Crippen molar-refractivity contribution < 1.29 is 13.4 Å². The molecule has 0 bridgehead atoms. The molecule has 0 N–H and O–H groups in total. The van der Waals surface area contributed by atoms with Gasteiger partial charge in [-0.25, -0.2) is 0 Å². The molecule has 3 rings (SSSR count). The van der Waals surface area contributed by atoms with Crippen molar-refractivity contribution in [1.29, 1.82) is 0 Å². The van der Waals surface area contributed by atoms with Gasteiger partial charge in [0, 0.05) is 0 Å². The van der Waals surface area contributed by atoms with E-state index >= 15 is 0 Å². The first-order valence-electron chi connectivity index (χ1n) is 6.21. The Morgan fingerprint density at radius 3 is 0.900 bits per heavy atom. The van der Waals surface area contributed by atoms with E-state index in [0.29, 0.717) is 0 Å². The molecule has 0 unspecified atom stereocenters.